The normalized spacial score (nSPS) is 27.9. The summed E-state index contributed by atoms with van der Waals surface area (Å²) in [6.07, 6.45) is -2.77. The average Bonchev–Trinajstić information content (AvgIpc) is 3.64. The van der Waals surface area contributed by atoms with Crippen molar-refractivity contribution in [3.8, 4) is 0 Å². The number of thioether (sulfide) groups is 1. The van der Waals surface area contributed by atoms with Gasteiger partial charge >= 0.3 is 12.1 Å². The van der Waals surface area contributed by atoms with E-state index in [9.17, 15) is 42.7 Å². The predicted octanol–water partition coefficient (Wildman–Crippen LogP) is 0.199. The molecular weight excluding hydrogens is 591 g/mol. The molecule has 0 spiro atoms. The molecule has 1 aromatic heterocycles. The van der Waals surface area contributed by atoms with Gasteiger partial charge in [0.05, 0.1) is 5.92 Å². The number of carbonyl (C=O) groups is 4. The van der Waals surface area contributed by atoms with E-state index in [-0.39, 0.29) is 66.0 Å². The molecule has 4 atom stereocenters. The van der Waals surface area contributed by atoms with Gasteiger partial charge in [0.1, 0.15) is 22.8 Å². The van der Waals surface area contributed by atoms with Crippen molar-refractivity contribution in [2.45, 2.75) is 24.0 Å². The highest BCUT2D eigenvalue weighted by molar-refractivity contribution is 8.00. The van der Waals surface area contributed by atoms with Gasteiger partial charge < -0.3 is 31.6 Å². The SMILES string of the molecule is Nc1nc(/C(=N/O)C(=O)N[C@@H]2C(=O)N3C(C(=O)O)=C(C=C4CCN(C[C@H]5CNC[C@@H]5C(F)(F)F)C4=O)CS[C@H]23)cs1. The molecule has 0 radical (unpaired) electrons. The van der Waals surface area contributed by atoms with Gasteiger partial charge in [-0.3, -0.25) is 19.3 Å². The van der Waals surface area contributed by atoms with Gasteiger partial charge in [0, 0.05) is 48.8 Å². The van der Waals surface area contributed by atoms with E-state index in [1.807, 2.05) is 0 Å². The number of fused-ring (bicyclic) bond motifs is 1. The first-order chi connectivity index (χ1) is 19.4. The van der Waals surface area contributed by atoms with Gasteiger partial charge in [0.15, 0.2) is 10.8 Å². The summed E-state index contributed by atoms with van der Waals surface area (Å²) < 4.78 is 40.0. The quantitative estimate of drug-likeness (QED) is 0.0931. The van der Waals surface area contributed by atoms with Crippen LogP contribution in [0.5, 0.6) is 0 Å². The molecule has 18 heteroatoms. The molecule has 5 heterocycles. The third-order valence-electron chi connectivity index (χ3n) is 7.34. The maximum atomic E-state index is 13.3. The largest absolute Gasteiger partial charge is 0.477 e. The summed E-state index contributed by atoms with van der Waals surface area (Å²) in [4.78, 5) is 57.1. The Bertz CT molecular complexity index is 1390. The zero-order valence-electron chi connectivity index (χ0n) is 21.1. The van der Waals surface area contributed by atoms with E-state index in [4.69, 9.17) is 5.73 Å². The van der Waals surface area contributed by atoms with Crippen LogP contribution in [-0.4, -0.2) is 104 Å². The van der Waals surface area contributed by atoms with Gasteiger partial charge in [-0.05, 0) is 18.1 Å². The first-order valence-electron chi connectivity index (χ1n) is 12.3. The van der Waals surface area contributed by atoms with Gasteiger partial charge in [-0.2, -0.15) is 13.2 Å². The minimum atomic E-state index is -4.38. The number of nitrogens with two attached hydrogens (primary N) is 1. The number of hydrogen-bond acceptors (Lipinski definition) is 11. The number of likely N-dealkylation sites (tertiary alicyclic amines) is 1. The van der Waals surface area contributed by atoms with Crippen molar-refractivity contribution < 1.29 is 42.7 Å². The second-order valence-corrected chi connectivity index (χ2v) is 11.8. The fraction of sp³-hybridized carbons (Fsp3) is 0.478. The number of thiazole rings is 1. The second kappa shape index (κ2) is 11.0. The summed E-state index contributed by atoms with van der Waals surface area (Å²) in [5.41, 5.74) is 5.19. The molecule has 0 aromatic carbocycles. The Hall–Kier alpha value is -3.64. The number of allylic oxidation sites excluding steroid dienone is 1. The third-order valence-corrected chi connectivity index (χ3v) is 9.32. The van der Waals surface area contributed by atoms with E-state index in [2.05, 4.69) is 20.8 Å². The van der Waals surface area contributed by atoms with Crippen molar-refractivity contribution in [2.75, 3.05) is 37.7 Å². The summed E-state index contributed by atoms with van der Waals surface area (Å²) in [5, 5.41) is 28.1. The standard InChI is InChI=1S/C23H24F3N7O6S2/c24-23(25,26)12-5-28-4-11(12)6-32-2-1-9(18(32)35)3-10-7-40-20-15(19(36)33(20)16(10)21(37)38)30-17(34)14(31-39)13-8-41-22(27)29-13/h3,8,11-12,15,20,28,39H,1-2,4-7H2,(H2,27,29)(H,30,34)(H,37,38)/b9-3?,31-14-/t11-,12+,15-,20-/m1/s1. The van der Waals surface area contributed by atoms with Crippen LogP contribution in [0.25, 0.3) is 0 Å². The van der Waals surface area contributed by atoms with Gasteiger partial charge in [-0.25, -0.2) is 9.78 Å². The molecule has 1 aromatic rings. The maximum Gasteiger partial charge on any atom is 0.393 e. The molecule has 13 nitrogen and oxygen atoms in total. The molecule has 3 fully saturated rings. The number of alkyl halides is 3. The Morgan fingerprint density at radius 1 is 1.32 bits per heavy atom. The Balaban J connectivity index is 1.29. The van der Waals surface area contributed by atoms with E-state index in [0.717, 1.165) is 28.0 Å². The van der Waals surface area contributed by atoms with Crippen LogP contribution < -0.4 is 16.4 Å². The van der Waals surface area contributed by atoms with Crippen molar-refractivity contribution in [2.24, 2.45) is 17.0 Å². The summed E-state index contributed by atoms with van der Waals surface area (Å²) >= 11 is 2.17. The Morgan fingerprint density at radius 3 is 2.71 bits per heavy atom. The van der Waals surface area contributed by atoms with Gasteiger partial charge in [-0.1, -0.05) is 5.16 Å². The number of nitrogen functional groups attached to an aromatic ring is 1. The fourth-order valence-electron chi connectivity index (χ4n) is 5.35. The number of nitrogens with one attached hydrogen (secondary N) is 2. The minimum Gasteiger partial charge on any atom is -0.477 e. The highest BCUT2D eigenvalue weighted by atomic mass is 32.2. The van der Waals surface area contributed by atoms with Gasteiger partial charge in [0.25, 0.3) is 11.8 Å². The molecule has 3 saturated heterocycles. The van der Waals surface area contributed by atoms with Crippen LogP contribution in [-0.2, 0) is 19.2 Å². The lowest BCUT2D eigenvalue weighted by atomic mass is 9.95. The number of amides is 3. The molecule has 41 heavy (non-hydrogen) atoms. The lowest BCUT2D eigenvalue weighted by Crippen LogP contribution is -2.71. The van der Waals surface area contributed by atoms with Crippen molar-refractivity contribution in [1.29, 1.82) is 0 Å². The summed E-state index contributed by atoms with van der Waals surface area (Å²) in [5.74, 6) is -5.76. The van der Waals surface area contributed by atoms with Crippen molar-refractivity contribution in [3.05, 3.63) is 34.0 Å². The number of oxime groups is 1. The number of carboxylic acid groups (broad SMARTS) is 1. The average molecular weight is 616 g/mol. The number of rotatable bonds is 7. The summed E-state index contributed by atoms with van der Waals surface area (Å²) in [6.45, 7) is 0.0592. The van der Waals surface area contributed by atoms with E-state index in [0.29, 0.717) is 0 Å². The maximum absolute atomic E-state index is 13.3. The molecule has 4 aliphatic heterocycles. The van der Waals surface area contributed by atoms with Crippen LogP contribution in [0.4, 0.5) is 18.3 Å². The van der Waals surface area contributed by atoms with E-state index in [1.54, 1.807) is 0 Å². The lowest BCUT2D eigenvalue weighted by molar-refractivity contribution is -0.180. The van der Waals surface area contributed by atoms with E-state index in [1.165, 1.54) is 16.4 Å². The zero-order valence-corrected chi connectivity index (χ0v) is 22.7. The smallest absolute Gasteiger partial charge is 0.393 e. The van der Waals surface area contributed by atoms with Crippen LogP contribution >= 0.6 is 23.1 Å². The number of anilines is 1. The van der Waals surface area contributed by atoms with Crippen LogP contribution in [0.2, 0.25) is 0 Å². The number of halogens is 3. The topological polar surface area (TPSA) is 191 Å². The molecule has 4 aliphatic rings. The van der Waals surface area contributed by atoms with Crippen molar-refractivity contribution in [1.82, 2.24) is 25.4 Å². The molecule has 220 valence electrons. The zero-order chi connectivity index (χ0) is 29.6. The number of aliphatic carboxylic acids is 1. The highest BCUT2D eigenvalue weighted by Gasteiger charge is 2.54. The molecule has 0 saturated carbocycles. The van der Waals surface area contributed by atoms with Crippen LogP contribution in [0.15, 0.2) is 33.5 Å². The highest BCUT2D eigenvalue weighted by Crippen LogP contribution is 2.41. The van der Waals surface area contributed by atoms with Crippen LogP contribution in [0.3, 0.4) is 0 Å². The fourth-order valence-corrected chi connectivity index (χ4v) is 7.20. The molecular formula is C23H24F3N7O6S2. The van der Waals surface area contributed by atoms with E-state index >= 15 is 0 Å². The summed E-state index contributed by atoms with van der Waals surface area (Å²) in [6, 6.07) is -1.12. The van der Waals surface area contributed by atoms with Gasteiger partial charge in [-0.15, -0.1) is 23.1 Å². The first kappa shape index (κ1) is 28.9. The molecule has 6 N–H and O–H groups in total. The minimum absolute atomic E-state index is 0.000790. The van der Waals surface area contributed by atoms with Crippen LogP contribution in [0.1, 0.15) is 12.1 Å². The van der Waals surface area contributed by atoms with Crippen molar-refractivity contribution >= 4 is 57.6 Å². The number of β-lactam (4-membered cyclic amide) rings is 1. The number of carboxylic acids is 1. The molecule has 0 aliphatic carbocycles. The van der Waals surface area contributed by atoms with Crippen molar-refractivity contribution in [3.63, 3.8) is 0 Å². The number of carbonyl (C=O) groups excluding carboxylic acids is 3. The molecule has 5 rings (SSSR count). The van der Waals surface area contributed by atoms with E-state index < -0.39 is 58.8 Å². The predicted molar refractivity (Wildman–Crippen MR) is 140 cm³/mol. The van der Waals surface area contributed by atoms with Crippen LogP contribution in [0, 0.1) is 11.8 Å². The Morgan fingerprint density at radius 2 is 2.07 bits per heavy atom. The Labute approximate surface area is 238 Å². The first-order valence-corrected chi connectivity index (χ1v) is 14.3. The monoisotopic (exact) mass is 615 g/mol. The number of nitrogens with zero attached hydrogens (tertiary/aromatic N) is 4. The second-order valence-electron chi connectivity index (χ2n) is 9.80. The summed E-state index contributed by atoms with van der Waals surface area (Å²) in [7, 11) is 0. The molecule has 0 unspecified atom stereocenters. The third kappa shape index (κ3) is 5.38. The number of hydrogen-bond donors (Lipinski definition) is 5. The molecule has 3 amide bonds. The lowest BCUT2D eigenvalue weighted by Gasteiger charge is -2.49. The molecule has 0 bridgehead atoms. The van der Waals surface area contributed by atoms with Gasteiger partial charge in [0.2, 0.25) is 5.91 Å². The Kier molecular flexibility index (Phi) is 7.73. The number of aromatic nitrogens is 1.